The summed E-state index contributed by atoms with van der Waals surface area (Å²) < 4.78 is 1.89. The number of rotatable bonds is 3. The maximum atomic E-state index is 5.14. The van der Waals surface area contributed by atoms with Crippen molar-refractivity contribution < 1.29 is 0 Å². The molecule has 0 aromatic carbocycles. The molecule has 1 rings (SSSR count). The van der Waals surface area contributed by atoms with Crippen LogP contribution in [0.2, 0.25) is 0 Å². The van der Waals surface area contributed by atoms with Gasteiger partial charge in [0.05, 0.1) is 4.47 Å². The van der Waals surface area contributed by atoms with Crippen molar-refractivity contribution >= 4 is 55.0 Å². The lowest BCUT2D eigenvalue weighted by atomic mass is 10.3. The van der Waals surface area contributed by atoms with E-state index in [0.29, 0.717) is 5.11 Å². The van der Waals surface area contributed by atoms with Gasteiger partial charge < -0.3 is 10.6 Å². The van der Waals surface area contributed by atoms with Crippen LogP contribution in [0.1, 0.15) is 18.9 Å². The van der Waals surface area contributed by atoms with Gasteiger partial charge in [0, 0.05) is 17.2 Å². The maximum absolute atomic E-state index is 5.14. The number of halogens is 2. The van der Waals surface area contributed by atoms with Crippen molar-refractivity contribution in [2.24, 2.45) is 0 Å². The predicted octanol–water partition coefficient (Wildman–Crippen LogP) is 3.61. The lowest BCUT2D eigenvalue weighted by Gasteiger charge is -2.12. The van der Waals surface area contributed by atoms with E-state index in [4.69, 9.17) is 12.2 Å². The Morgan fingerprint density at radius 2 is 2.19 bits per heavy atom. The zero-order chi connectivity index (χ0) is 12.1. The number of anilines is 1. The van der Waals surface area contributed by atoms with Gasteiger partial charge in [-0.3, -0.25) is 0 Å². The van der Waals surface area contributed by atoms with E-state index in [1.54, 1.807) is 6.20 Å². The Morgan fingerprint density at radius 1 is 1.50 bits per heavy atom. The van der Waals surface area contributed by atoms with Gasteiger partial charge in [-0.1, -0.05) is 6.92 Å². The van der Waals surface area contributed by atoms with Gasteiger partial charge in [-0.05, 0) is 63.0 Å². The largest absolute Gasteiger partial charge is 0.362 e. The molecule has 0 atom stereocenters. The van der Waals surface area contributed by atoms with Gasteiger partial charge in [-0.15, -0.1) is 0 Å². The summed E-state index contributed by atoms with van der Waals surface area (Å²) in [6, 6.07) is 0. The Hall–Kier alpha value is -0.200. The molecular weight excluding hydrogens is 354 g/mol. The van der Waals surface area contributed by atoms with E-state index in [-0.39, 0.29) is 0 Å². The van der Waals surface area contributed by atoms with Gasteiger partial charge >= 0.3 is 0 Å². The molecule has 0 aliphatic heterocycles. The highest BCUT2D eigenvalue weighted by Gasteiger charge is 2.08. The third kappa shape index (κ3) is 3.68. The van der Waals surface area contributed by atoms with Gasteiger partial charge in [-0.2, -0.15) is 0 Å². The summed E-state index contributed by atoms with van der Waals surface area (Å²) in [6.07, 6.45) is 2.79. The van der Waals surface area contributed by atoms with Crippen molar-refractivity contribution in [1.82, 2.24) is 10.3 Å². The van der Waals surface area contributed by atoms with Crippen LogP contribution in [-0.4, -0.2) is 16.6 Å². The Kier molecular flexibility index (Phi) is 5.64. The van der Waals surface area contributed by atoms with Crippen LogP contribution in [0.15, 0.2) is 15.1 Å². The number of nitrogens with zero attached hydrogens (tertiary/aromatic N) is 1. The first-order chi connectivity index (χ1) is 7.56. The van der Waals surface area contributed by atoms with Gasteiger partial charge in [0.15, 0.2) is 5.11 Å². The zero-order valence-corrected chi connectivity index (χ0v) is 13.1. The fourth-order valence-corrected chi connectivity index (χ4v) is 2.22. The first-order valence-electron chi connectivity index (χ1n) is 4.91. The van der Waals surface area contributed by atoms with E-state index in [9.17, 15) is 0 Å². The minimum atomic E-state index is 0.594. The van der Waals surface area contributed by atoms with Gasteiger partial charge in [0.25, 0.3) is 0 Å². The minimum absolute atomic E-state index is 0.594. The average molecular weight is 367 g/mol. The minimum Gasteiger partial charge on any atom is -0.362 e. The molecule has 1 aromatic heterocycles. The highest BCUT2D eigenvalue weighted by atomic mass is 79.9. The number of thiocarbonyl (C=S) groups is 1. The number of aromatic nitrogens is 1. The van der Waals surface area contributed by atoms with Crippen LogP contribution >= 0.6 is 44.1 Å². The van der Waals surface area contributed by atoms with E-state index < -0.39 is 0 Å². The average Bonchev–Trinajstić information content (AvgIpc) is 2.27. The summed E-state index contributed by atoms with van der Waals surface area (Å²) in [5.74, 6) is 0.731. The van der Waals surface area contributed by atoms with E-state index in [1.807, 2.05) is 6.92 Å². The van der Waals surface area contributed by atoms with E-state index >= 15 is 0 Å². The zero-order valence-electron chi connectivity index (χ0n) is 9.10. The van der Waals surface area contributed by atoms with Crippen molar-refractivity contribution in [3.8, 4) is 0 Å². The molecular formula is C10H13Br2N3S. The van der Waals surface area contributed by atoms with E-state index in [2.05, 4.69) is 54.4 Å². The maximum Gasteiger partial charge on any atom is 0.171 e. The van der Waals surface area contributed by atoms with Crippen LogP contribution in [0.5, 0.6) is 0 Å². The smallest absolute Gasteiger partial charge is 0.171 e. The van der Waals surface area contributed by atoms with Crippen molar-refractivity contribution in [2.75, 3.05) is 11.9 Å². The second-order valence-electron chi connectivity index (χ2n) is 3.27. The van der Waals surface area contributed by atoms with Crippen LogP contribution < -0.4 is 10.6 Å². The molecule has 0 saturated carbocycles. The third-order valence-corrected chi connectivity index (χ3v) is 3.99. The Balaban J connectivity index is 2.74. The lowest BCUT2D eigenvalue weighted by molar-refractivity contribution is 0.846. The molecule has 0 saturated heterocycles. The van der Waals surface area contributed by atoms with Gasteiger partial charge in [-0.25, -0.2) is 4.98 Å². The number of hydrogen-bond donors (Lipinski definition) is 2. The molecule has 0 bridgehead atoms. The number of hydrogen-bond acceptors (Lipinski definition) is 2. The van der Waals surface area contributed by atoms with Crippen molar-refractivity contribution in [3.63, 3.8) is 0 Å². The first-order valence-corrected chi connectivity index (χ1v) is 6.91. The SMILES string of the molecule is CCCNC(=S)Nc1ncc(Br)c(C)c1Br. The molecule has 0 amide bonds. The Bertz CT molecular complexity index is 396. The van der Waals surface area contributed by atoms with Crippen LogP contribution in [0, 0.1) is 6.92 Å². The summed E-state index contributed by atoms with van der Waals surface area (Å²) in [5.41, 5.74) is 1.09. The summed E-state index contributed by atoms with van der Waals surface area (Å²) in [5, 5.41) is 6.74. The van der Waals surface area contributed by atoms with Crippen molar-refractivity contribution in [1.29, 1.82) is 0 Å². The number of pyridine rings is 1. The molecule has 0 radical (unpaired) electrons. The summed E-state index contributed by atoms with van der Waals surface area (Å²) >= 11 is 12.0. The molecule has 0 unspecified atom stereocenters. The molecule has 0 aliphatic carbocycles. The third-order valence-electron chi connectivity index (χ3n) is 1.97. The molecule has 16 heavy (non-hydrogen) atoms. The van der Waals surface area contributed by atoms with E-state index in [0.717, 1.165) is 33.3 Å². The fraction of sp³-hybridized carbons (Fsp3) is 0.400. The van der Waals surface area contributed by atoms with Crippen LogP contribution in [0.25, 0.3) is 0 Å². The van der Waals surface area contributed by atoms with E-state index in [1.165, 1.54) is 0 Å². The second-order valence-corrected chi connectivity index (χ2v) is 5.33. The topological polar surface area (TPSA) is 37.0 Å². The van der Waals surface area contributed by atoms with Crippen LogP contribution in [0.3, 0.4) is 0 Å². The van der Waals surface area contributed by atoms with Crippen molar-refractivity contribution in [2.45, 2.75) is 20.3 Å². The molecule has 6 heteroatoms. The molecule has 0 aliphatic rings. The van der Waals surface area contributed by atoms with Crippen LogP contribution in [-0.2, 0) is 0 Å². The summed E-state index contributed by atoms with van der Waals surface area (Å²) in [7, 11) is 0. The number of nitrogens with one attached hydrogen (secondary N) is 2. The summed E-state index contributed by atoms with van der Waals surface area (Å²) in [6.45, 7) is 4.95. The van der Waals surface area contributed by atoms with Crippen molar-refractivity contribution in [3.05, 3.63) is 20.7 Å². The Morgan fingerprint density at radius 3 is 2.81 bits per heavy atom. The lowest BCUT2D eigenvalue weighted by Crippen LogP contribution is -2.29. The Labute approximate surface area is 118 Å². The molecule has 0 fully saturated rings. The van der Waals surface area contributed by atoms with Crippen LogP contribution in [0.4, 0.5) is 5.82 Å². The predicted molar refractivity (Wildman–Crippen MR) is 78.9 cm³/mol. The first kappa shape index (κ1) is 13.9. The molecule has 0 spiro atoms. The molecule has 88 valence electrons. The summed E-state index contributed by atoms with van der Waals surface area (Å²) in [4.78, 5) is 4.25. The normalized spacial score (nSPS) is 10.0. The highest BCUT2D eigenvalue weighted by Crippen LogP contribution is 2.29. The van der Waals surface area contributed by atoms with Gasteiger partial charge in [0.1, 0.15) is 5.82 Å². The molecule has 1 heterocycles. The monoisotopic (exact) mass is 365 g/mol. The molecule has 2 N–H and O–H groups in total. The molecule has 3 nitrogen and oxygen atoms in total. The van der Waals surface area contributed by atoms with Gasteiger partial charge in [0.2, 0.25) is 0 Å². The second kappa shape index (κ2) is 6.51. The quantitative estimate of drug-likeness (QED) is 0.801. The fourth-order valence-electron chi connectivity index (χ4n) is 1.03. The molecule has 1 aromatic rings. The standard InChI is InChI=1S/C10H13Br2N3S/c1-3-4-13-10(16)15-9-8(12)6(2)7(11)5-14-9/h5H,3-4H2,1-2H3,(H2,13,14,15,16). The highest BCUT2D eigenvalue weighted by molar-refractivity contribution is 9.11.